The molecule has 0 bridgehead atoms. The van der Waals surface area contributed by atoms with E-state index in [1.54, 1.807) is 0 Å². The van der Waals surface area contributed by atoms with Crippen LogP contribution in [0.15, 0.2) is 24.4 Å². The van der Waals surface area contributed by atoms with E-state index in [-0.39, 0.29) is 0 Å². The lowest BCUT2D eigenvalue weighted by atomic mass is 10.1. The average molecular weight is 202 g/mol. The van der Waals surface area contributed by atoms with Crippen LogP contribution in [0, 0.1) is 6.92 Å². The first kappa shape index (κ1) is 10.2. The van der Waals surface area contributed by atoms with Crippen LogP contribution < -0.4 is 5.32 Å². The molecule has 15 heavy (non-hydrogen) atoms. The maximum absolute atomic E-state index is 3.43. The second kappa shape index (κ2) is 4.07. The Morgan fingerprint density at radius 1 is 1.33 bits per heavy atom. The summed E-state index contributed by atoms with van der Waals surface area (Å²) in [6.07, 6.45) is 2.10. The maximum atomic E-state index is 3.43. The summed E-state index contributed by atoms with van der Waals surface area (Å²) in [4.78, 5) is 3.31. The fraction of sp³-hybridized carbons (Fsp3) is 0.385. The Balaban J connectivity index is 2.29. The van der Waals surface area contributed by atoms with E-state index in [2.05, 4.69) is 55.5 Å². The monoisotopic (exact) mass is 202 g/mol. The third kappa shape index (κ3) is 2.21. The Labute approximate surface area is 90.7 Å². The summed E-state index contributed by atoms with van der Waals surface area (Å²) < 4.78 is 0. The first-order chi connectivity index (χ1) is 7.16. The van der Waals surface area contributed by atoms with Gasteiger partial charge in [-0.1, -0.05) is 26.0 Å². The van der Waals surface area contributed by atoms with Crippen LogP contribution in [0.2, 0.25) is 0 Å². The van der Waals surface area contributed by atoms with Gasteiger partial charge in [0.25, 0.3) is 0 Å². The number of aromatic nitrogens is 1. The molecule has 0 aliphatic rings. The van der Waals surface area contributed by atoms with Gasteiger partial charge in [-0.25, -0.2) is 0 Å². The second-order valence-electron chi connectivity index (χ2n) is 4.40. The van der Waals surface area contributed by atoms with Crippen LogP contribution >= 0.6 is 0 Å². The highest BCUT2D eigenvalue weighted by atomic mass is 14.9. The molecule has 0 unspecified atom stereocenters. The summed E-state index contributed by atoms with van der Waals surface area (Å²) in [6.45, 7) is 7.38. The van der Waals surface area contributed by atoms with E-state index in [0.717, 1.165) is 6.54 Å². The van der Waals surface area contributed by atoms with Crippen LogP contribution in [-0.4, -0.2) is 11.0 Å². The summed E-state index contributed by atoms with van der Waals surface area (Å²) >= 11 is 0. The Morgan fingerprint density at radius 3 is 2.87 bits per heavy atom. The van der Waals surface area contributed by atoms with Crippen LogP contribution in [0.1, 0.15) is 25.0 Å². The number of nitrogens with one attached hydrogen (secondary N) is 2. The van der Waals surface area contributed by atoms with Crippen molar-refractivity contribution in [2.45, 2.75) is 33.4 Å². The Bertz CT molecular complexity index is 455. The van der Waals surface area contributed by atoms with Gasteiger partial charge in [-0.15, -0.1) is 0 Å². The predicted molar refractivity (Wildman–Crippen MR) is 65.0 cm³/mol. The maximum Gasteiger partial charge on any atom is 0.0459 e. The van der Waals surface area contributed by atoms with Gasteiger partial charge in [-0.05, 0) is 24.1 Å². The molecule has 0 fully saturated rings. The molecule has 2 N–H and O–H groups in total. The normalized spacial score (nSPS) is 11.5. The van der Waals surface area contributed by atoms with E-state index in [1.165, 1.54) is 22.0 Å². The Kier molecular flexibility index (Phi) is 2.78. The van der Waals surface area contributed by atoms with E-state index < -0.39 is 0 Å². The molecule has 0 aliphatic carbocycles. The van der Waals surface area contributed by atoms with Gasteiger partial charge in [0.15, 0.2) is 0 Å². The SMILES string of the molecule is Cc1ccc2c(CNC(C)C)c[nH]c2c1. The van der Waals surface area contributed by atoms with E-state index in [4.69, 9.17) is 0 Å². The van der Waals surface area contributed by atoms with Crippen LogP contribution in [0.3, 0.4) is 0 Å². The summed E-state index contributed by atoms with van der Waals surface area (Å²) in [7, 11) is 0. The molecule has 0 saturated carbocycles. The number of hydrogen-bond donors (Lipinski definition) is 2. The van der Waals surface area contributed by atoms with Gasteiger partial charge >= 0.3 is 0 Å². The minimum absolute atomic E-state index is 0.528. The van der Waals surface area contributed by atoms with Crippen molar-refractivity contribution in [1.82, 2.24) is 10.3 Å². The van der Waals surface area contributed by atoms with Crippen molar-refractivity contribution < 1.29 is 0 Å². The number of H-pyrrole nitrogens is 1. The summed E-state index contributed by atoms with van der Waals surface area (Å²) in [5, 5.41) is 4.76. The Morgan fingerprint density at radius 2 is 2.13 bits per heavy atom. The molecule has 0 spiro atoms. The minimum Gasteiger partial charge on any atom is -0.361 e. The number of fused-ring (bicyclic) bond motifs is 1. The van der Waals surface area contributed by atoms with Crippen molar-refractivity contribution in [3.05, 3.63) is 35.5 Å². The number of benzene rings is 1. The van der Waals surface area contributed by atoms with Gasteiger partial charge in [-0.3, -0.25) is 0 Å². The molecule has 0 saturated heterocycles. The summed E-state index contributed by atoms with van der Waals surface area (Å²) in [5.41, 5.74) is 3.88. The lowest BCUT2D eigenvalue weighted by Gasteiger charge is -2.06. The molecule has 1 aromatic heterocycles. The molecular formula is C13H18N2. The van der Waals surface area contributed by atoms with Gasteiger partial charge in [0, 0.05) is 29.7 Å². The third-order valence-corrected chi connectivity index (χ3v) is 2.62. The van der Waals surface area contributed by atoms with Crippen molar-refractivity contribution in [2.24, 2.45) is 0 Å². The largest absolute Gasteiger partial charge is 0.361 e. The van der Waals surface area contributed by atoms with E-state index in [1.807, 2.05) is 0 Å². The van der Waals surface area contributed by atoms with Crippen molar-refractivity contribution in [3.63, 3.8) is 0 Å². The molecule has 2 rings (SSSR count). The Hall–Kier alpha value is -1.28. The van der Waals surface area contributed by atoms with Crippen LogP contribution in [0.4, 0.5) is 0 Å². The predicted octanol–water partition coefficient (Wildman–Crippen LogP) is 2.97. The molecule has 0 amide bonds. The van der Waals surface area contributed by atoms with Crippen molar-refractivity contribution in [2.75, 3.05) is 0 Å². The molecule has 0 aliphatic heterocycles. The first-order valence-corrected chi connectivity index (χ1v) is 5.47. The van der Waals surface area contributed by atoms with E-state index >= 15 is 0 Å². The van der Waals surface area contributed by atoms with Crippen LogP contribution in [0.5, 0.6) is 0 Å². The molecule has 0 radical (unpaired) electrons. The number of rotatable bonds is 3. The molecule has 2 heteroatoms. The lowest BCUT2D eigenvalue weighted by Crippen LogP contribution is -2.21. The number of aromatic amines is 1. The van der Waals surface area contributed by atoms with Gasteiger partial charge in [-0.2, -0.15) is 0 Å². The van der Waals surface area contributed by atoms with Crippen LogP contribution in [0.25, 0.3) is 10.9 Å². The third-order valence-electron chi connectivity index (χ3n) is 2.62. The number of hydrogen-bond acceptors (Lipinski definition) is 1. The standard InChI is InChI=1S/C13H18N2/c1-9(2)14-7-11-8-15-13-6-10(3)4-5-12(11)13/h4-6,8-9,14-15H,7H2,1-3H3. The molecule has 2 aromatic rings. The van der Waals surface area contributed by atoms with E-state index in [9.17, 15) is 0 Å². The molecular weight excluding hydrogens is 184 g/mol. The van der Waals surface area contributed by atoms with Crippen molar-refractivity contribution in [1.29, 1.82) is 0 Å². The number of aryl methyl sites for hydroxylation is 1. The fourth-order valence-electron chi connectivity index (χ4n) is 1.76. The van der Waals surface area contributed by atoms with Gasteiger partial charge < -0.3 is 10.3 Å². The van der Waals surface area contributed by atoms with Crippen molar-refractivity contribution >= 4 is 10.9 Å². The zero-order valence-electron chi connectivity index (χ0n) is 9.59. The zero-order valence-corrected chi connectivity index (χ0v) is 9.59. The van der Waals surface area contributed by atoms with Crippen LogP contribution in [-0.2, 0) is 6.54 Å². The topological polar surface area (TPSA) is 27.8 Å². The molecule has 0 atom stereocenters. The van der Waals surface area contributed by atoms with Crippen molar-refractivity contribution in [3.8, 4) is 0 Å². The highest BCUT2D eigenvalue weighted by Crippen LogP contribution is 2.19. The molecule has 1 aromatic carbocycles. The average Bonchev–Trinajstić information content (AvgIpc) is 2.57. The quantitative estimate of drug-likeness (QED) is 0.786. The fourth-order valence-corrected chi connectivity index (χ4v) is 1.76. The van der Waals surface area contributed by atoms with Gasteiger partial charge in [0.2, 0.25) is 0 Å². The minimum atomic E-state index is 0.528. The summed E-state index contributed by atoms with van der Waals surface area (Å²) in [6, 6.07) is 7.07. The lowest BCUT2D eigenvalue weighted by molar-refractivity contribution is 0.590. The summed E-state index contributed by atoms with van der Waals surface area (Å²) in [5.74, 6) is 0. The molecule has 1 heterocycles. The first-order valence-electron chi connectivity index (χ1n) is 5.47. The zero-order chi connectivity index (χ0) is 10.8. The van der Waals surface area contributed by atoms with Gasteiger partial charge in [0.1, 0.15) is 0 Å². The molecule has 2 nitrogen and oxygen atoms in total. The highest BCUT2D eigenvalue weighted by Gasteiger charge is 2.03. The highest BCUT2D eigenvalue weighted by molar-refractivity contribution is 5.83. The molecule has 80 valence electrons. The second-order valence-corrected chi connectivity index (χ2v) is 4.40. The van der Waals surface area contributed by atoms with E-state index in [0.29, 0.717) is 6.04 Å². The van der Waals surface area contributed by atoms with Gasteiger partial charge in [0.05, 0.1) is 0 Å². The smallest absolute Gasteiger partial charge is 0.0459 e.